The normalized spacial score (nSPS) is 15.7. The molecule has 1 aromatic rings. The number of anilines is 1. The van der Waals surface area contributed by atoms with Crippen LogP contribution in [0.5, 0.6) is 0 Å². The Labute approximate surface area is 179 Å². The molecule has 170 valence electrons. The van der Waals surface area contributed by atoms with Gasteiger partial charge in [0.1, 0.15) is 5.69 Å². The second kappa shape index (κ2) is 11.0. The standard InChI is InChI=1S/C20H34N4O5S/c1-5-21(6-2)9-10-22(16-17(3)4)19-8-7-18(15-20(19)24(25)26)30(27,28)23-11-13-29-14-12-23/h7-8,15,17H,5-6,9-14,16H2,1-4H3. The molecule has 0 unspecified atom stereocenters. The maximum Gasteiger partial charge on any atom is 0.293 e. The van der Waals surface area contributed by atoms with E-state index < -0.39 is 14.9 Å². The van der Waals surface area contributed by atoms with E-state index in [0.29, 0.717) is 37.9 Å². The van der Waals surface area contributed by atoms with E-state index in [9.17, 15) is 18.5 Å². The lowest BCUT2D eigenvalue weighted by Gasteiger charge is -2.30. The molecule has 30 heavy (non-hydrogen) atoms. The molecule has 0 saturated carbocycles. The summed E-state index contributed by atoms with van der Waals surface area (Å²) in [6, 6.07) is 4.26. The van der Waals surface area contributed by atoms with E-state index in [-0.39, 0.29) is 23.7 Å². The average Bonchev–Trinajstić information content (AvgIpc) is 2.73. The number of likely N-dealkylation sites (N-methyl/N-ethyl adjacent to an activating group) is 1. The number of morpholine rings is 1. The van der Waals surface area contributed by atoms with Gasteiger partial charge in [0.15, 0.2) is 0 Å². The third-order valence-electron chi connectivity index (χ3n) is 5.26. The van der Waals surface area contributed by atoms with Crippen molar-refractivity contribution in [1.82, 2.24) is 9.21 Å². The highest BCUT2D eigenvalue weighted by molar-refractivity contribution is 7.89. The maximum absolute atomic E-state index is 12.9. The molecule has 0 aliphatic carbocycles. The summed E-state index contributed by atoms with van der Waals surface area (Å²) in [5.74, 6) is 0.304. The average molecular weight is 443 g/mol. The minimum Gasteiger partial charge on any atom is -0.379 e. The Balaban J connectivity index is 2.38. The van der Waals surface area contributed by atoms with Gasteiger partial charge in [-0.2, -0.15) is 4.31 Å². The van der Waals surface area contributed by atoms with Crippen LogP contribution in [0.15, 0.2) is 23.1 Å². The summed E-state index contributed by atoms with van der Waals surface area (Å²) < 4.78 is 32.4. The van der Waals surface area contributed by atoms with Crippen molar-refractivity contribution in [1.29, 1.82) is 0 Å². The van der Waals surface area contributed by atoms with Gasteiger partial charge in [-0.05, 0) is 31.1 Å². The molecule has 9 nitrogen and oxygen atoms in total. The molecule has 1 aliphatic heterocycles. The van der Waals surface area contributed by atoms with Gasteiger partial charge in [-0.3, -0.25) is 10.1 Å². The van der Waals surface area contributed by atoms with E-state index in [1.807, 2.05) is 4.90 Å². The lowest BCUT2D eigenvalue weighted by atomic mass is 10.1. The highest BCUT2D eigenvalue weighted by Crippen LogP contribution is 2.32. The highest BCUT2D eigenvalue weighted by Gasteiger charge is 2.30. The van der Waals surface area contributed by atoms with Gasteiger partial charge < -0.3 is 14.5 Å². The minimum atomic E-state index is -3.80. The van der Waals surface area contributed by atoms with Crippen LogP contribution in [0, 0.1) is 16.0 Å². The second-order valence-electron chi connectivity index (χ2n) is 7.79. The molecular weight excluding hydrogens is 408 g/mol. The smallest absolute Gasteiger partial charge is 0.293 e. The number of sulfonamides is 1. The lowest BCUT2D eigenvalue weighted by Crippen LogP contribution is -2.40. The first-order valence-corrected chi connectivity index (χ1v) is 12.0. The summed E-state index contributed by atoms with van der Waals surface area (Å²) >= 11 is 0. The quantitative estimate of drug-likeness (QED) is 0.383. The zero-order valence-electron chi connectivity index (χ0n) is 18.4. The Morgan fingerprint density at radius 3 is 2.33 bits per heavy atom. The van der Waals surface area contributed by atoms with Gasteiger partial charge in [0, 0.05) is 38.8 Å². The number of nitro benzene ring substituents is 1. The molecule has 0 N–H and O–H groups in total. The fraction of sp³-hybridized carbons (Fsp3) is 0.700. The van der Waals surface area contributed by atoms with Crippen LogP contribution in [-0.2, 0) is 14.8 Å². The van der Waals surface area contributed by atoms with E-state index in [1.165, 1.54) is 16.4 Å². The van der Waals surface area contributed by atoms with Gasteiger partial charge in [-0.15, -0.1) is 0 Å². The number of ether oxygens (including phenoxy) is 1. The summed E-state index contributed by atoms with van der Waals surface area (Å²) in [5.41, 5.74) is 0.284. The van der Waals surface area contributed by atoms with Crippen LogP contribution in [0.1, 0.15) is 27.7 Å². The molecule has 10 heteroatoms. The van der Waals surface area contributed by atoms with Crippen molar-refractivity contribution in [3.05, 3.63) is 28.3 Å². The van der Waals surface area contributed by atoms with Gasteiger partial charge in [0.25, 0.3) is 5.69 Å². The highest BCUT2D eigenvalue weighted by atomic mass is 32.2. The molecule has 1 aromatic carbocycles. The fourth-order valence-electron chi connectivity index (χ4n) is 3.57. The second-order valence-corrected chi connectivity index (χ2v) is 9.73. The van der Waals surface area contributed by atoms with Gasteiger partial charge in [0.05, 0.1) is 23.0 Å². The predicted molar refractivity (Wildman–Crippen MR) is 118 cm³/mol. The molecular formula is C20H34N4O5S. The van der Waals surface area contributed by atoms with Crippen LogP contribution in [0.3, 0.4) is 0 Å². The Bertz CT molecular complexity index is 805. The first-order chi connectivity index (χ1) is 14.2. The van der Waals surface area contributed by atoms with Crippen LogP contribution in [-0.4, -0.2) is 81.6 Å². The first-order valence-electron chi connectivity index (χ1n) is 10.5. The molecule has 2 rings (SSSR count). The minimum absolute atomic E-state index is 0.0481. The van der Waals surface area contributed by atoms with Crippen molar-refractivity contribution in [2.24, 2.45) is 5.92 Å². The van der Waals surface area contributed by atoms with Gasteiger partial charge >= 0.3 is 0 Å². The number of hydrogen-bond acceptors (Lipinski definition) is 7. The zero-order valence-corrected chi connectivity index (χ0v) is 19.2. The molecule has 1 fully saturated rings. The Hall–Kier alpha value is -1.75. The monoisotopic (exact) mass is 442 g/mol. The molecule has 0 atom stereocenters. The lowest BCUT2D eigenvalue weighted by molar-refractivity contribution is -0.384. The molecule has 0 aromatic heterocycles. The number of benzene rings is 1. The van der Waals surface area contributed by atoms with Crippen molar-refractivity contribution < 1.29 is 18.1 Å². The van der Waals surface area contributed by atoms with E-state index in [1.54, 1.807) is 6.07 Å². The molecule has 1 aliphatic rings. The molecule has 1 heterocycles. The van der Waals surface area contributed by atoms with Crippen molar-refractivity contribution in [2.75, 3.05) is 63.9 Å². The number of rotatable bonds is 11. The van der Waals surface area contributed by atoms with Crippen molar-refractivity contribution in [2.45, 2.75) is 32.6 Å². The van der Waals surface area contributed by atoms with Gasteiger partial charge in [0.2, 0.25) is 10.0 Å². The van der Waals surface area contributed by atoms with Crippen molar-refractivity contribution in [3.8, 4) is 0 Å². The van der Waals surface area contributed by atoms with Crippen LogP contribution < -0.4 is 4.90 Å². The van der Waals surface area contributed by atoms with E-state index in [2.05, 4.69) is 32.6 Å². The summed E-state index contributed by atoms with van der Waals surface area (Å²) in [6.07, 6.45) is 0. The zero-order chi connectivity index (χ0) is 22.3. The summed E-state index contributed by atoms with van der Waals surface area (Å²) in [4.78, 5) is 15.6. The Morgan fingerprint density at radius 1 is 1.17 bits per heavy atom. The summed E-state index contributed by atoms with van der Waals surface area (Å²) in [6.45, 7) is 13.3. The topological polar surface area (TPSA) is 96.2 Å². The maximum atomic E-state index is 12.9. The van der Waals surface area contributed by atoms with Gasteiger partial charge in [-0.1, -0.05) is 27.7 Å². The van der Waals surface area contributed by atoms with Gasteiger partial charge in [-0.25, -0.2) is 8.42 Å². The van der Waals surface area contributed by atoms with Crippen molar-refractivity contribution >= 4 is 21.4 Å². The summed E-state index contributed by atoms with van der Waals surface area (Å²) in [7, 11) is -3.80. The fourth-order valence-corrected chi connectivity index (χ4v) is 4.99. The van der Waals surface area contributed by atoms with E-state index in [4.69, 9.17) is 4.74 Å². The molecule has 0 spiro atoms. The SMILES string of the molecule is CCN(CC)CCN(CC(C)C)c1ccc(S(=O)(=O)N2CCOCC2)cc1[N+](=O)[O-]. The van der Waals surface area contributed by atoms with Crippen LogP contribution in [0.25, 0.3) is 0 Å². The van der Waals surface area contributed by atoms with E-state index >= 15 is 0 Å². The molecule has 1 saturated heterocycles. The number of nitrogens with zero attached hydrogens (tertiary/aromatic N) is 4. The largest absolute Gasteiger partial charge is 0.379 e. The third-order valence-corrected chi connectivity index (χ3v) is 7.15. The molecule has 0 bridgehead atoms. The predicted octanol–water partition coefficient (Wildman–Crippen LogP) is 2.42. The van der Waals surface area contributed by atoms with Crippen LogP contribution >= 0.6 is 0 Å². The third kappa shape index (κ3) is 6.13. The number of nitro groups is 1. The van der Waals surface area contributed by atoms with Crippen LogP contribution in [0.2, 0.25) is 0 Å². The molecule has 0 amide bonds. The molecule has 0 radical (unpaired) electrons. The Kier molecular flexibility index (Phi) is 9.02. The van der Waals surface area contributed by atoms with Crippen molar-refractivity contribution in [3.63, 3.8) is 0 Å². The Morgan fingerprint density at radius 2 is 1.80 bits per heavy atom. The van der Waals surface area contributed by atoms with Crippen LogP contribution in [0.4, 0.5) is 11.4 Å². The van der Waals surface area contributed by atoms with E-state index in [0.717, 1.165) is 19.6 Å². The first kappa shape index (κ1) is 24.5. The summed E-state index contributed by atoms with van der Waals surface area (Å²) in [5, 5.41) is 11.9. The number of hydrogen-bond donors (Lipinski definition) is 0.